The molecule has 1 N–H and O–H groups in total. The van der Waals surface area contributed by atoms with Gasteiger partial charge in [-0.3, -0.25) is 4.55 Å². The summed E-state index contributed by atoms with van der Waals surface area (Å²) >= 11 is 0. The summed E-state index contributed by atoms with van der Waals surface area (Å²) in [4.78, 5) is 0. The van der Waals surface area contributed by atoms with Crippen LogP contribution in [0.25, 0.3) is 0 Å². The van der Waals surface area contributed by atoms with Gasteiger partial charge >= 0.3 is 52.4 Å². The van der Waals surface area contributed by atoms with Crippen LogP contribution in [-0.2, 0) is 10.1 Å². The Kier molecular flexibility index (Phi) is 13.2. The maximum absolute atomic E-state index is 9.19. The predicted molar refractivity (Wildman–Crippen MR) is 37.4 cm³/mol. The van der Waals surface area contributed by atoms with Gasteiger partial charge in [0.15, 0.2) is 0 Å². The van der Waals surface area contributed by atoms with Gasteiger partial charge in [-0.05, 0) is 0 Å². The molecule has 0 bridgehead atoms. The molecule has 0 spiro atoms. The van der Waals surface area contributed by atoms with E-state index in [1.807, 2.05) is 0 Å². The first-order chi connectivity index (χ1) is 2.00. The van der Waals surface area contributed by atoms with Crippen molar-refractivity contribution in [2.24, 2.45) is 0 Å². The van der Waals surface area contributed by atoms with Gasteiger partial charge in [0, 0.05) is 0 Å². The normalized spacial score (nSPS) is 8.29. The SMILES string of the molecule is CS(=O)(=O)O.[BiH3].[BiH3]. The van der Waals surface area contributed by atoms with Crippen molar-refractivity contribution in [2.45, 2.75) is 0 Å². The zero-order valence-electron chi connectivity index (χ0n) is 4.09. The number of hydrogen-bond donors (Lipinski definition) is 1. The third-order valence-corrected chi connectivity index (χ3v) is 0. The third kappa shape index (κ3) is 88.0. The summed E-state index contributed by atoms with van der Waals surface area (Å²) in [6, 6.07) is 0. The standard InChI is InChI=1S/CH4O3S.2Bi.6H/c1-5(2,3)4;;;;;;;;/h1H3,(H,2,3,4);;;;;;;;. The van der Waals surface area contributed by atoms with Gasteiger partial charge in [-0.2, -0.15) is 8.42 Å². The van der Waals surface area contributed by atoms with Crippen molar-refractivity contribution in [3.8, 4) is 0 Å². The van der Waals surface area contributed by atoms with E-state index in [1.54, 1.807) is 0 Å². The van der Waals surface area contributed by atoms with Gasteiger partial charge in [0.25, 0.3) is 10.1 Å². The van der Waals surface area contributed by atoms with Crippen molar-refractivity contribution in [3.05, 3.63) is 0 Å². The van der Waals surface area contributed by atoms with Crippen molar-refractivity contribution in [1.29, 1.82) is 0 Å². The molecule has 0 saturated carbocycles. The second-order valence-corrected chi connectivity index (χ2v) is 2.20. The molecule has 0 atom stereocenters. The molecular formula is CH10Bi2O3S. The van der Waals surface area contributed by atoms with Crippen LogP contribution in [0.15, 0.2) is 0 Å². The average Bonchev–Trinajstić information content (AvgIpc) is 0.722. The van der Waals surface area contributed by atoms with Gasteiger partial charge in [-0.1, -0.05) is 0 Å². The van der Waals surface area contributed by atoms with Gasteiger partial charge in [0.1, 0.15) is 0 Å². The molecule has 7 heavy (non-hydrogen) atoms. The minimum absolute atomic E-state index is 0. The molecule has 0 unspecified atom stereocenters. The number of rotatable bonds is 0. The molecule has 0 aliphatic heterocycles. The maximum atomic E-state index is 9.19. The molecule has 0 radical (unpaired) electrons. The summed E-state index contributed by atoms with van der Waals surface area (Å²) in [7, 11) is -3.67. The zero-order valence-corrected chi connectivity index (χ0v) is 15.9. The first-order valence-corrected chi connectivity index (χ1v) is 2.77. The van der Waals surface area contributed by atoms with Crippen LogP contribution in [0, 0.1) is 0 Å². The molecule has 0 fully saturated rings. The van der Waals surface area contributed by atoms with Crippen molar-refractivity contribution >= 4 is 62.5 Å². The van der Waals surface area contributed by atoms with Crippen LogP contribution in [0.4, 0.5) is 0 Å². The second-order valence-electron chi connectivity index (χ2n) is 0.733. The van der Waals surface area contributed by atoms with Crippen LogP contribution >= 0.6 is 0 Å². The molecule has 0 saturated heterocycles. The predicted octanol–water partition coefficient (Wildman–Crippen LogP) is -2.86. The molecule has 0 amide bonds. The average molecular weight is 520 g/mol. The van der Waals surface area contributed by atoms with E-state index in [2.05, 4.69) is 0 Å². The van der Waals surface area contributed by atoms with E-state index < -0.39 is 10.1 Å². The molecule has 48 valence electrons. The van der Waals surface area contributed by atoms with Crippen LogP contribution in [0.3, 0.4) is 0 Å². The van der Waals surface area contributed by atoms with Gasteiger partial charge in [-0.25, -0.2) is 0 Å². The van der Waals surface area contributed by atoms with Crippen molar-refractivity contribution < 1.29 is 13.0 Å². The molecule has 0 aromatic heterocycles. The fourth-order valence-electron chi connectivity index (χ4n) is 0. The van der Waals surface area contributed by atoms with E-state index in [0.29, 0.717) is 6.26 Å². The van der Waals surface area contributed by atoms with Crippen LogP contribution in [0.2, 0.25) is 0 Å². The molecule has 0 aliphatic rings. The van der Waals surface area contributed by atoms with E-state index in [4.69, 9.17) is 4.55 Å². The quantitative estimate of drug-likeness (QED) is 0.277. The Morgan fingerprint density at radius 2 is 1.29 bits per heavy atom. The third-order valence-electron chi connectivity index (χ3n) is 0. The molecule has 6 heteroatoms. The first-order valence-electron chi connectivity index (χ1n) is 0.924. The minimum atomic E-state index is -3.67. The van der Waals surface area contributed by atoms with Crippen molar-refractivity contribution in [3.63, 3.8) is 0 Å². The summed E-state index contributed by atoms with van der Waals surface area (Å²) in [5.74, 6) is 0. The van der Waals surface area contributed by atoms with E-state index in [9.17, 15) is 8.42 Å². The molecule has 0 heterocycles. The topological polar surface area (TPSA) is 54.4 Å². The van der Waals surface area contributed by atoms with Crippen LogP contribution < -0.4 is 0 Å². The van der Waals surface area contributed by atoms with Crippen LogP contribution in [0.5, 0.6) is 0 Å². The van der Waals surface area contributed by atoms with E-state index in [-0.39, 0.29) is 52.4 Å². The number of hydrogen-bond acceptors (Lipinski definition) is 2. The summed E-state index contributed by atoms with van der Waals surface area (Å²) in [6.07, 6.45) is 0.715. The van der Waals surface area contributed by atoms with Crippen LogP contribution in [0.1, 0.15) is 0 Å². The van der Waals surface area contributed by atoms with Gasteiger partial charge in [0.05, 0.1) is 6.26 Å². The Labute approximate surface area is 80.9 Å². The Bertz CT molecular complexity index is 96.1. The Morgan fingerprint density at radius 3 is 1.29 bits per heavy atom. The van der Waals surface area contributed by atoms with Crippen LogP contribution in [-0.4, -0.2) is 71.6 Å². The molecular weight excluding hydrogens is 510 g/mol. The Morgan fingerprint density at radius 1 is 1.29 bits per heavy atom. The molecule has 0 aliphatic carbocycles. The molecule has 0 aromatic carbocycles. The fraction of sp³-hybridized carbons (Fsp3) is 1.00. The summed E-state index contributed by atoms with van der Waals surface area (Å²) in [5.41, 5.74) is 0. The summed E-state index contributed by atoms with van der Waals surface area (Å²) < 4.78 is 25.9. The molecule has 0 rings (SSSR count). The van der Waals surface area contributed by atoms with Crippen molar-refractivity contribution in [1.82, 2.24) is 0 Å². The second kappa shape index (κ2) is 5.81. The van der Waals surface area contributed by atoms with Crippen molar-refractivity contribution in [2.75, 3.05) is 6.26 Å². The fourth-order valence-corrected chi connectivity index (χ4v) is 0. The zero-order chi connectivity index (χ0) is 4.50. The summed E-state index contributed by atoms with van der Waals surface area (Å²) in [6.45, 7) is 0. The van der Waals surface area contributed by atoms with E-state index in [1.165, 1.54) is 0 Å². The van der Waals surface area contributed by atoms with Gasteiger partial charge in [0.2, 0.25) is 0 Å². The van der Waals surface area contributed by atoms with Gasteiger partial charge < -0.3 is 0 Å². The molecule has 0 aromatic rings. The monoisotopic (exact) mass is 520 g/mol. The Hall–Kier alpha value is 1.68. The van der Waals surface area contributed by atoms with E-state index >= 15 is 0 Å². The molecule has 3 nitrogen and oxygen atoms in total. The van der Waals surface area contributed by atoms with E-state index in [0.717, 1.165) is 0 Å². The first kappa shape index (κ1) is 15.9. The Balaban J connectivity index is -0.0000000800. The summed E-state index contributed by atoms with van der Waals surface area (Å²) in [5, 5.41) is 0. The van der Waals surface area contributed by atoms with Gasteiger partial charge in [-0.15, -0.1) is 0 Å².